The standard InChI is InChI=1S/C35H39N7O6/c1-23(43)36-20-25-22-40(39-38-25)18-10-5-11-19-41-27-15-9-8-14-26(27)35-17-16-28(44)42(21-24-12-6-4-7-13-24)34(35)37-30(33(46)48-3)29(31(35)41)32(45)47-2/h4,6-9,12-15,22,31H,5,10-11,16-21H2,1-3H3,(H,36,43)/t31?,35-/m0/s1. The monoisotopic (exact) mass is 653 g/mol. The fourth-order valence-electron chi connectivity index (χ4n) is 7.16. The van der Waals surface area contributed by atoms with Gasteiger partial charge in [-0.15, -0.1) is 5.10 Å². The number of methoxy groups -OCH3 is 2. The zero-order valence-corrected chi connectivity index (χ0v) is 27.3. The number of aliphatic imine (C=N–C) groups is 1. The van der Waals surface area contributed by atoms with Gasteiger partial charge in [-0.1, -0.05) is 53.7 Å². The molecule has 6 rings (SSSR count). The molecule has 250 valence electrons. The lowest BCUT2D eigenvalue weighted by molar-refractivity contribution is -0.140. The molecule has 1 N–H and O–H groups in total. The number of rotatable bonds is 12. The highest BCUT2D eigenvalue weighted by Crippen LogP contribution is 2.56. The minimum atomic E-state index is -0.884. The Kier molecular flexibility index (Phi) is 9.37. The smallest absolute Gasteiger partial charge is 0.357 e. The first-order valence-electron chi connectivity index (χ1n) is 16.1. The van der Waals surface area contributed by atoms with E-state index < -0.39 is 23.4 Å². The number of nitrogens with zero attached hydrogens (tertiary/aromatic N) is 6. The molecular formula is C35H39N7O6. The molecule has 1 aromatic heterocycles. The number of nitrogens with one attached hydrogen (secondary N) is 1. The predicted octanol–water partition coefficient (Wildman–Crippen LogP) is 3.05. The SMILES string of the molecule is COC(=O)C1=C(C(=O)OC)C2N(CCCCCn3cc(CNC(C)=O)nn3)c3ccccc3[C@@]23CCC(=O)N(Cc2ccccc2)C3=N1. The number of hydrogen-bond acceptors (Lipinski definition) is 10. The number of benzene rings is 2. The minimum absolute atomic E-state index is 0.100. The number of aromatic nitrogens is 3. The third-order valence-corrected chi connectivity index (χ3v) is 9.27. The molecule has 0 saturated carbocycles. The fraction of sp³-hybridized carbons (Fsp3) is 0.400. The quantitative estimate of drug-likeness (QED) is 0.230. The number of amides is 2. The van der Waals surface area contributed by atoms with Gasteiger partial charge in [0.25, 0.3) is 0 Å². The van der Waals surface area contributed by atoms with Crippen molar-refractivity contribution in [1.29, 1.82) is 0 Å². The molecule has 1 fully saturated rings. The molecule has 1 saturated heterocycles. The molecule has 3 aliphatic rings. The largest absolute Gasteiger partial charge is 0.466 e. The van der Waals surface area contributed by atoms with Gasteiger partial charge in [0.2, 0.25) is 11.8 Å². The van der Waals surface area contributed by atoms with Crippen molar-refractivity contribution in [3.05, 3.63) is 88.9 Å². The van der Waals surface area contributed by atoms with Crippen molar-refractivity contribution in [2.75, 3.05) is 25.7 Å². The van der Waals surface area contributed by atoms with E-state index in [0.717, 1.165) is 36.1 Å². The number of aryl methyl sites for hydroxylation is 1. The second-order valence-electron chi connectivity index (χ2n) is 12.2. The maximum Gasteiger partial charge on any atom is 0.357 e. The lowest BCUT2D eigenvalue weighted by atomic mass is 9.65. The number of ether oxygens (including phenoxy) is 2. The first kappa shape index (κ1) is 32.6. The number of unbranched alkanes of at least 4 members (excludes halogenated alkanes) is 2. The second kappa shape index (κ2) is 13.8. The number of carbonyl (C=O) groups is 4. The van der Waals surface area contributed by atoms with Crippen LogP contribution < -0.4 is 10.2 Å². The van der Waals surface area contributed by atoms with E-state index in [-0.39, 0.29) is 36.1 Å². The maximum absolute atomic E-state index is 13.7. The van der Waals surface area contributed by atoms with E-state index >= 15 is 0 Å². The predicted molar refractivity (Wildman–Crippen MR) is 175 cm³/mol. The van der Waals surface area contributed by atoms with Crippen molar-refractivity contribution < 1.29 is 28.7 Å². The van der Waals surface area contributed by atoms with Crippen molar-refractivity contribution in [1.82, 2.24) is 25.2 Å². The number of fused-ring (bicyclic) bond motifs is 1. The van der Waals surface area contributed by atoms with Crippen LogP contribution in [0, 0.1) is 0 Å². The molecule has 48 heavy (non-hydrogen) atoms. The van der Waals surface area contributed by atoms with E-state index in [2.05, 4.69) is 20.5 Å². The first-order valence-corrected chi connectivity index (χ1v) is 16.1. The average molecular weight is 654 g/mol. The molecule has 1 unspecified atom stereocenters. The van der Waals surface area contributed by atoms with Gasteiger partial charge in [-0.2, -0.15) is 0 Å². The maximum atomic E-state index is 13.7. The van der Waals surface area contributed by atoms with Gasteiger partial charge in [0, 0.05) is 32.1 Å². The van der Waals surface area contributed by atoms with Crippen LogP contribution in [0.1, 0.15) is 55.8 Å². The summed E-state index contributed by atoms with van der Waals surface area (Å²) in [6.07, 6.45) is 4.93. The summed E-state index contributed by atoms with van der Waals surface area (Å²) in [7, 11) is 2.54. The van der Waals surface area contributed by atoms with Crippen molar-refractivity contribution in [3.8, 4) is 0 Å². The number of amidine groups is 1. The van der Waals surface area contributed by atoms with E-state index in [0.29, 0.717) is 37.6 Å². The number of esters is 2. The Morgan fingerprint density at radius 3 is 2.44 bits per heavy atom. The van der Waals surface area contributed by atoms with Crippen LogP contribution in [0.2, 0.25) is 0 Å². The third kappa shape index (κ3) is 5.96. The van der Waals surface area contributed by atoms with E-state index in [4.69, 9.17) is 14.5 Å². The molecule has 4 heterocycles. The summed E-state index contributed by atoms with van der Waals surface area (Å²) >= 11 is 0. The zero-order chi connectivity index (χ0) is 33.8. The van der Waals surface area contributed by atoms with Gasteiger partial charge in [-0.05, 0) is 42.9 Å². The molecule has 2 amide bonds. The molecule has 2 atom stereocenters. The van der Waals surface area contributed by atoms with Gasteiger partial charge < -0.3 is 19.7 Å². The van der Waals surface area contributed by atoms with Crippen LogP contribution in [0.3, 0.4) is 0 Å². The summed E-state index contributed by atoms with van der Waals surface area (Å²) in [6.45, 7) is 3.29. The number of likely N-dealkylation sites (tertiary alicyclic amines) is 1. The van der Waals surface area contributed by atoms with Gasteiger partial charge in [0.1, 0.15) is 11.5 Å². The van der Waals surface area contributed by atoms with Gasteiger partial charge >= 0.3 is 11.9 Å². The summed E-state index contributed by atoms with van der Waals surface area (Å²) in [5, 5.41) is 11.0. The highest BCUT2D eigenvalue weighted by molar-refractivity contribution is 6.15. The molecule has 1 spiro atoms. The number of anilines is 1. The fourth-order valence-corrected chi connectivity index (χ4v) is 7.16. The van der Waals surface area contributed by atoms with E-state index in [1.54, 1.807) is 9.58 Å². The van der Waals surface area contributed by atoms with Crippen LogP contribution in [-0.4, -0.2) is 76.3 Å². The molecule has 0 bridgehead atoms. The van der Waals surface area contributed by atoms with E-state index in [1.165, 1.54) is 21.1 Å². The number of hydrogen-bond donors (Lipinski definition) is 1. The molecule has 0 aliphatic carbocycles. The van der Waals surface area contributed by atoms with Crippen LogP contribution in [-0.2, 0) is 53.7 Å². The molecular weight excluding hydrogens is 614 g/mol. The lowest BCUT2D eigenvalue weighted by Gasteiger charge is -2.48. The Bertz CT molecular complexity index is 1780. The Balaban J connectivity index is 1.33. The van der Waals surface area contributed by atoms with Gasteiger partial charge in [0.15, 0.2) is 5.70 Å². The topological polar surface area (TPSA) is 148 Å². The molecule has 0 radical (unpaired) electrons. The van der Waals surface area contributed by atoms with E-state index in [9.17, 15) is 19.2 Å². The van der Waals surface area contributed by atoms with Crippen LogP contribution >= 0.6 is 0 Å². The zero-order valence-electron chi connectivity index (χ0n) is 27.3. The highest BCUT2D eigenvalue weighted by Gasteiger charge is 2.63. The van der Waals surface area contributed by atoms with Gasteiger partial charge in [0.05, 0.1) is 50.5 Å². The number of piperidine rings is 1. The summed E-state index contributed by atoms with van der Waals surface area (Å²) in [6, 6.07) is 17.0. The molecule has 13 nitrogen and oxygen atoms in total. The second-order valence-corrected chi connectivity index (χ2v) is 12.2. The Morgan fingerprint density at radius 1 is 0.958 bits per heavy atom. The molecule has 3 aliphatic heterocycles. The summed E-state index contributed by atoms with van der Waals surface area (Å²) in [5.41, 5.74) is 2.59. The van der Waals surface area contributed by atoms with Crippen LogP contribution in [0.4, 0.5) is 5.69 Å². The lowest BCUT2D eigenvalue weighted by Crippen LogP contribution is -2.63. The summed E-state index contributed by atoms with van der Waals surface area (Å²) in [4.78, 5) is 60.6. The average Bonchev–Trinajstić information content (AvgIpc) is 3.68. The molecule has 3 aromatic rings. The summed E-state index contributed by atoms with van der Waals surface area (Å²) in [5.74, 6) is -1.21. The van der Waals surface area contributed by atoms with E-state index in [1.807, 2.05) is 60.8 Å². The minimum Gasteiger partial charge on any atom is -0.466 e. The van der Waals surface area contributed by atoms with Crippen molar-refractivity contribution >= 4 is 35.3 Å². The summed E-state index contributed by atoms with van der Waals surface area (Å²) < 4.78 is 12.2. The van der Waals surface area contributed by atoms with Crippen LogP contribution in [0.15, 0.2) is 77.1 Å². The Morgan fingerprint density at radius 2 is 1.69 bits per heavy atom. The Hall–Kier alpha value is -5.33. The Labute approximate surface area is 278 Å². The van der Waals surface area contributed by atoms with Crippen LogP contribution in [0.5, 0.6) is 0 Å². The number of para-hydroxylation sites is 1. The van der Waals surface area contributed by atoms with Crippen molar-refractivity contribution in [3.63, 3.8) is 0 Å². The van der Waals surface area contributed by atoms with Gasteiger partial charge in [-0.25, -0.2) is 14.6 Å². The first-order chi connectivity index (χ1) is 23.3. The number of carbonyl (C=O) groups excluding carboxylic acids is 4. The van der Waals surface area contributed by atoms with Crippen molar-refractivity contribution in [2.45, 2.75) is 70.1 Å². The third-order valence-electron chi connectivity index (χ3n) is 9.27. The molecule has 13 heteroatoms. The van der Waals surface area contributed by atoms with Gasteiger partial charge in [-0.3, -0.25) is 19.2 Å². The normalized spacial score (nSPS) is 19.7. The highest BCUT2D eigenvalue weighted by atomic mass is 16.5. The van der Waals surface area contributed by atoms with Crippen LogP contribution in [0.25, 0.3) is 0 Å². The molecule has 2 aromatic carbocycles. The van der Waals surface area contributed by atoms with Crippen molar-refractivity contribution in [2.24, 2.45) is 4.99 Å².